The number of carbonyl (C=O) groups excluding carboxylic acids is 1. The second-order valence-electron chi connectivity index (χ2n) is 4.94. The molecule has 116 valence electrons. The number of hydrogen-bond acceptors (Lipinski definition) is 3. The lowest BCUT2D eigenvalue weighted by molar-refractivity contribution is -0.115. The van der Waals surface area contributed by atoms with Gasteiger partial charge in [-0.2, -0.15) is 0 Å². The van der Waals surface area contributed by atoms with Crippen molar-refractivity contribution in [1.29, 1.82) is 0 Å². The average Bonchev–Trinajstić information content (AvgIpc) is 2.47. The third kappa shape index (κ3) is 4.77. The minimum absolute atomic E-state index is 0.0496. The first-order valence-corrected chi connectivity index (χ1v) is 7.81. The van der Waals surface area contributed by atoms with Gasteiger partial charge in [0.2, 0.25) is 5.91 Å². The van der Waals surface area contributed by atoms with Crippen molar-refractivity contribution in [3.05, 3.63) is 52.5 Å². The van der Waals surface area contributed by atoms with Crippen LogP contribution in [0.1, 0.15) is 12.0 Å². The quantitative estimate of drug-likeness (QED) is 0.809. The Morgan fingerprint density at radius 3 is 2.77 bits per heavy atom. The van der Waals surface area contributed by atoms with Crippen molar-refractivity contribution < 1.29 is 9.53 Å². The summed E-state index contributed by atoms with van der Waals surface area (Å²) in [6.07, 6.45) is 0.379. The molecule has 0 saturated carbocycles. The van der Waals surface area contributed by atoms with Gasteiger partial charge in [-0.25, -0.2) is 0 Å². The lowest BCUT2D eigenvalue weighted by Crippen LogP contribution is -2.16. The summed E-state index contributed by atoms with van der Waals surface area (Å²) in [6, 6.07) is 13.5. The third-order valence-electron chi connectivity index (χ3n) is 3.13. The van der Waals surface area contributed by atoms with Gasteiger partial charge in [0, 0.05) is 23.1 Å². The predicted molar refractivity (Wildman–Crippen MR) is 93.6 cm³/mol. The molecule has 0 aliphatic carbocycles. The van der Waals surface area contributed by atoms with E-state index in [0.29, 0.717) is 24.4 Å². The first kappa shape index (κ1) is 16.4. The van der Waals surface area contributed by atoms with Crippen molar-refractivity contribution in [1.82, 2.24) is 0 Å². The molecule has 0 bridgehead atoms. The second-order valence-corrected chi connectivity index (χ2v) is 5.85. The standard InChI is InChI=1S/C17H19BrN2O2/c1-12-6-7-16(22-2)15(10-12)20-17(21)8-9-19-14-5-3-4-13(18)11-14/h3-7,10-11,19H,8-9H2,1-2H3,(H,20,21). The van der Waals surface area contributed by atoms with Crippen molar-refractivity contribution in [3.63, 3.8) is 0 Å². The van der Waals surface area contributed by atoms with Gasteiger partial charge in [0.05, 0.1) is 12.8 Å². The van der Waals surface area contributed by atoms with E-state index in [4.69, 9.17) is 4.74 Å². The summed E-state index contributed by atoms with van der Waals surface area (Å²) in [6.45, 7) is 2.54. The highest BCUT2D eigenvalue weighted by Crippen LogP contribution is 2.25. The molecule has 0 fully saturated rings. The number of carbonyl (C=O) groups is 1. The summed E-state index contributed by atoms with van der Waals surface area (Å²) >= 11 is 3.42. The third-order valence-corrected chi connectivity index (χ3v) is 3.63. The molecule has 5 heteroatoms. The zero-order valence-electron chi connectivity index (χ0n) is 12.7. The number of rotatable bonds is 6. The summed E-state index contributed by atoms with van der Waals surface area (Å²) in [5, 5.41) is 6.11. The zero-order valence-corrected chi connectivity index (χ0v) is 14.2. The summed E-state index contributed by atoms with van der Waals surface area (Å²) in [7, 11) is 1.59. The molecule has 0 unspecified atom stereocenters. The number of halogens is 1. The molecule has 0 aliphatic rings. The maximum absolute atomic E-state index is 12.0. The topological polar surface area (TPSA) is 50.4 Å². The predicted octanol–water partition coefficient (Wildman–Crippen LogP) is 4.21. The molecule has 0 aliphatic heterocycles. The lowest BCUT2D eigenvalue weighted by atomic mass is 10.2. The number of nitrogens with one attached hydrogen (secondary N) is 2. The number of methoxy groups -OCH3 is 1. The van der Waals surface area contributed by atoms with Crippen molar-refractivity contribution in [3.8, 4) is 5.75 Å². The van der Waals surface area contributed by atoms with E-state index in [9.17, 15) is 4.79 Å². The Morgan fingerprint density at radius 2 is 2.05 bits per heavy atom. The van der Waals surface area contributed by atoms with E-state index in [1.165, 1.54) is 0 Å². The van der Waals surface area contributed by atoms with Gasteiger partial charge < -0.3 is 15.4 Å². The van der Waals surface area contributed by atoms with E-state index in [-0.39, 0.29) is 5.91 Å². The maximum atomic E-state index is 12.0. The molecule has 0 saturated heterocycles. The van der Waals surface area contributed by atoms with Crippen molar-refractivity contribution in [2.45, 2.75) is 13.3 Å². The minimum atomic E-state index is -0.0496. The van der Waals surface area contributed by atoms with Crippen LogP contribution >= 0.6 is 15.9 Å². The highest BCUT2D eigenvalue weighted by molar-refractivity contribution is 9.10. The van der Waals surface area contributed by atoms with Gasteiger partial charge in [-0.15, -0.1) is 0 Å². The van der Waals surface area contributed by atoms with Crippen LogP contribution in [0.25, 0.3) is 0 Å². The fraction of sp³-hybridized carbons (Fsp3) is 0.235. The summed E-state index contributed by atoms with van der Waals surface area (Å²) < 4.78 is 6.26. The number of hydrogen-bond donors (Lipinski definition) is 2. The molecule has 1 amide bonds. The van der Waals surface area contributed by atoms with E-state index in [0.717, 1.165) is 15.7 Å². The molecule has 0 spiro atoms. The number of benzene rings is 2. The average molecular weight is 363 g/mol. The van der Waals surface area contributed by atoms with E-state index in [2.05, 4.69) is 26.6 Å². The largest absolute Gasteiger partial charge is 0.495 e. The van der Waals surface area contributed by atoms with E-state index >= 15 is 0 Å². The molecule has 4 nitrogen and oxygen atoms in total. The van der Waals surface area contributed by atoms with Crippen LogP contribution in [0.4, 0.5) is 11.4 Å². The van der Waals surface area contributed by atoms with Crippen LogP contribution in [0.2, 0.25) is 0 Å². The van der Waals surface area contributed by atoms with E-state index < -0.39 is 0 Å². The highest BCUT2D eigenvalue weighted by Gasteiger charge is 2.07. The van der Waals surface area contributed by atoms with Gasteiger partial charge in [0.25, 0.3) is 0 Å². The molecule has 0 heterocycles. The molecule has 0 radical (unpaired) electrons. The fourth-order valence-corrected chi connectivity index (χ4v) is 2.45. The molecule has 2 aromatic rings. The monoisotopic (exact) mass is 362 g/mol. The van der Waals surface area contributed by atoms with Gasteiger partial charge in [-0.3, -0.25) is 4.79 Å². The van der Waals surface area contributed by atoms with Crippen LogP contribution in [0, 0.1) is 6.92 Å². The van der Waals surface area contributed by atoms with Gasteiger partial charge >= 0.3 is 0 Å². The van der Waals surface area contributed by atoms with Crippen molar-refractivity contribution in [2.24, 2.45) is 0 Å². The Balaban J connectivity index is 1.87. The lowest BCUT2D eigenvalue weighted by Gasteiger charge is -2.11. The Kier molecular flexibility index (Phi) is 5.83. The number of amides is 1. The Morgan fingerprint density at radius 1 is 1.23 bits per heavy atom. The van der Waals surface area contributed by atoms with Crippen LogP contribution < -0.4 is 15.4 Å². The van der Waals surface area contributed by atoms with E-state index in [1.54, 1.807) is 7.11 Å². The zero-order chi connectivity index (χ0) is 15.9. The van der Waals surface area contributed by atoms with Gasteiger partial charge in [-0.05, 0) is 42.8 Å². The smallest absolute Gasteiger partial charge is 0.226 e. The first-order valence-electron chi connectivity index (χ1n) is 7.02. The number of ether oxygens (including phenoxy) is 1. The Bertz CT molecular complexity index is 659. The summed E-state index contributed by atoms with van der Waals surface area (Å²) in [5.41, 5.74) is 2.76. The van der Waals surface area contributed by atoms with Crippen LogP contribution in [0.15, 0.2) is 46.9 Å². The molecule has 2 N–H and O–H groups in total. The maximum Gasteiger partial charge on any atom is 0.226 e. The van der Waals surface area contributed by atoms with Crippen LogP contribution in [-0.2, 0) is 4.79 Å². The fourth-order valence-electron chi connectivity index (χ4n) is 2.05. The normalized spacial score (nSPS) is 10.1. The Hall–Kier alpha value is -2.01. The van der Waals surface area contributed by atoms with Crippen LogP contribution in [-0.4, -0.2) is 19.6 Å². The Labute approximate surface area is 139 Å². The highest BCUT2D eigenvalue weighted by atomic mass is 79.9. The van der Waals surface area contributed by atoms with E-state index in [1.807, 2.05) is 49.4 Å². The van der Waals surface area contributed by atoms with Crippen molar-refractivity contribution in [2.75, 3.05) is 24.3 Å². The molecule has 0 aromatic heterocycles. The van der Waals surface area contributed by atoms with Crippen LogP contribution in [0.5, 0.6) is 5.75 Å². The number of aryl methyl sites for hydroxylation is 1. The number of anilines is 2. The molecular weight excluding hydrogens is 344 g/mol. The van der Waals surface area contributed by atoms with Crippen LogP contribution in [0.3, 0.4) is 0 Å². The van der Waals surface area contributed by atoms with Gasteiger partial charge in [-0.1, -0.05) is 28.1 Å². The molecule has 2 rings (SSSR count). The summed E-state index contributed by atoms with van der Waals surface area (Å²) in [5.74, 6) is 0.616. The SMILES string of the molecule is COc1ccc(C)cc1NC(=O)CCNc1cccc(Br)c1. The van der Waals surface area contributed by atoms with Gasteiger partial charge in [0.1, 0.15) is 5.75 Å². The minimum Gasteiger partial charge on any atom is -0.495 e. The second kappa shape index (κ2) is 7.84. The molecule has 22 heavy (non-hydrogen) atoms. The molecule has 2 aromatic carbocycles. The van der Waals surface area contributed by atoms with Crippen molar-refractivity contribution >= 4 is 33.2 Å². The first-order chi connectivity index (χ1) is 10.6. The molecule has 0 atom stereocenters. The van der Waals surface area contributed by atoms with Gasteiger partial charge in [0.15, 0.2) is 0 Å². The molecular formula is C17H19BrN2O2. The summed E-state index contributed by atoms with van der Waals surface area (Å²) in [4.78, 5) is 12.0.